The first-order chi connectivity index (χ1) is 15.9. The van der Waals surface area contributed by atoms with Gasteiger partial charge in [-0.1, -0.05) is 43.3 Å². The molecular formula is C24H23N3O6. The number of anilines is 1. The van der Waals surface area contributed by atoms with Crippen molar-refractivity contribution in [3.63, 3.8) is 0 Å². The van der Waals surface area contributed by atoms with E-state index in [1.165, 1.54) is 16.8 Å². The van der Waals surface area contributed by atoms with Gasteiger partial charge in [0.2, 0.25) is 0 Å². The maximum atomic E-state index is 12.7. The van der Waals surface area contributed by atoms with Gasteiger partial charge < -0.3 is 19.9 Å². The third-order valence-corrected chi connectivity index (χ3v) is 5.42. The Morgan fingerprint density at radius 3 is 2.21 bits per heavy atom. The lowest BCUT2D eigenvalue weighted by Crippen LogP contribution is -2.35. The van der Waals surface area contributed by atoms with E-state index in [4.69, 9.17) is 19.9 Å². The molecule has 0 saturated carbocycles. The number of rotatable bonds is 6. The fraction of sp³-hybridized carbons (Fsp3) is 0.250. The summed E-state index contributed by atoms with van der Waals surface area (Å²) in [6.45, 7) is 1.62. The first-order valence-electron chi connectivity index (χ1n) is 10.4. The number of benzene rings is 2. The van der Waals surface area contributed by atoms with Gasteiger partial charge in [-0.3, -0.25) is 4.57 Å². The lowest BCUT2D eigenvalue weighted by Gasteiger charge is -2.21. The number of aromatic nitrogens is 2. The predicted molar refractivity (Wildman–Crippen MR) is 118 cm³/mol. The van der Waals surface area contributed by atoms with Gasteiger partial charge in [0.15, 0.2) is 0 Å². The zero-order valence-corrected chi connectivity index (χ0v) is 17.9. The molecule has 2 aromatic carbocycles. The van der Waals surface area contributed by atoms with Crippen molar-refractivity contribution in [1.29, 1.82) is 0 Å². The van der Waals surface area contributed by atoms with Gasteiger partial charge in [-0.25, -0.2) is 14.4 Å². The van der Waals surface area contributed by atoms with Crippen molar-refractivity contribution in [3.05, 3.63) is 94.5 Å². The average Bonchev–Trinajstić information content (AvgIpc) is 3.13. The van der Waals surface area contributed by atoms with Crippen molar-refractivity contribution in [2.24, 2.45) is 5.92 Å². The van der Waals surface area contributed by atoms with Crippen LogP contribution < -0.4 is 11.4 Å². The highest BCUT2D eigenvalue weighted by molar-refractivity contribution is 5.90. The second kappa shape index (κ2) is 9.66. The van der Waals surface area contributed by atoms with Crippen molar-refractivity contribution in [2.45, 2.75) is 25.4 Å². The second-order valence-corrected chi connectivity index (χ2v) is 7.67. The summed E-state index contributed by atoms with van der Waals surface area (Å²) in [6, 6.07) is 18.5. The third-order valence-electron chi connectivity index (χ3n) is 5.42. The van der Waals surface area contributed by atoms with Crippen LogP contribution in [0.1, 0.15) is 33.9 Å². The van der Waals surface area contributed by atoms with Gasteiger partial charge in [-0.15, -0.1) is 0 Å². The van der Waals surface area contributed by atoms with E-state index >= 15 is 0 Å². The molecule has 1 aliphatic heterocycles. The molecule has 1 aromatic heterocycles. The zero-order valence-electron chi connectivity index (χ0n) is 17.9. The van der Waals surface area contributed by atoms with Crippen molar-refractivity contribution in [2.75, 3.05) is 12.3 Å². The molecule has 9 nitrogen and oxygen atoms in total. The van der Waals surface area contributed by atoms with Crippen LogP contribution in [0.15, 0.2) is 77.7 Å². The van der Waals surface area contributed by atoms with E-state index in [-0.39, 0.29) is 12.4 Å². The van der Waals surface area contributed by atoms with E-state index in [1.54, 1.807) is 67.6 Å². The van der Waals surface area contributed by atoms with Crippen LogP contribution in [0.4, 0.5) is 5.82 Å². The van der Waals surface area contributed by atoms with Gasteiger partial charge in [0.25, 0.3) is 0 Å². The molecule has 1 aliphatic rings. The van der Waals surface area contributed by atoms with E-state index < -0.39 is 42.0 Å². The SMILES string of the molecule is CC1C(OC(=O)c2ccccc2)C(COC(=O)c2ccccc2)OC1n1ccc(N)nc1=O. The highest BCUT2D eigenvalue weighted by atomic mass is 16.6. The summed E-state index contributed by atoms with van der Waals surface area (Å²) < 4.78 is 18.5. The maximum Gasteiger partial charge on any atom is 0.351 e. The average molecular weight is 449 g/mol. The van der Waals surface area contributed by atoms with E-state index in [0.29, 0.717) is 11.1 Å². The number of nitrogens with two attached hydrogens (primary N) is 1. The van der Waals surface area contributed by atoms with E-state index in [0.717, 1.165) is 0 Å². The molecule has 3 aromatic rings. The summed E-state index contributed by atoms with van der Waals surface area (Å²) in [7, 11) is 0. The van der Waals surface area contributed by atoms with Gasteiger partial charge in [0.1, 0.15) is 30.9 Å². The first-order valence-corrected chi connectivity index (χ1v) is 10.4. The lowest BCUT2D eigenvalue weighted by molar-refractivity contribution is -0.0587. The number of carbonyl (C=O) groups excluding carboxylic acids is 2. The van der Waals surface area contributed by atoms with Crippen molar-refractivity contribution in [3.8, 4) is 0 Å². The van der Waals surface area contributed by atoms with Gasteiger partial charge >= 0.3 is 17.6 Å². The highest BCUT2D eigenvalue weighted by Gasteiger charge is 2.46. The monoisotopic (exact) mass is 449 g/mol. The Kier molecular flexibility index (Phi) is 6.50. The van der Waals surface area contributed by atoms with Gasteiger partial charge in [0.05, 0.1) is 11.1 Å². The maximum absolute atomic E-state index is 12.7. The first kappa shape index (κ1) is 22.2. The predicted octanol–water partition coefficient (Wildman–Crippen LogP) is 2.44. The van der Waals surface area contributed by atoms with Gasteiger partial charge in [-0.2, -0.15) is 4.98 Å². The minimum absolute atomic E-state index is 0.0855. The summed E-state index contributed by atoms with van der Waals surface area (Å²) in [5.41, 5.74) is 5.76. The normalized spacial score (nSPS) is 22.0. The zero-order chi connectivity index (χ0) is 23.4. The Balaban J connectivity index is 1.56. The molecule has 2 heterocycles. The van der Waals surface area contributed by atoms with Crippen molar-refractivity contribution < 1.29 is 23.8 Å². The number of ether oxygens (including phenoxy) is 3. The van der Waals surface area contributed by atoms with Crippen molar-refractivity contribution in [1.82, 2.24) is 9.55 Å². The van der Waals surface area contributed by atoms with E-state index in [9.17, 15) is 14.4 Å². The molecule has 0 bridgehead atoms. The Bertz CT molecular complexity index is 1180. The number of hydrogen-bond donors (Lipinski definition) is 1. The lowest BCUT2D eigenvalue weighted by atomic mass is 10.0. The van der Waals surface area contributed by atoms with Crippen molar-refractivity contribution >= 4 is 17.8 Å². The molecule has 1 fully saturated rings. The fourth-order valence-electron chi connectivity index (χ4n) is 3.72. The largest absolute Gasteiger partial charge is 0.459 e. The molecule has 0 radical (unpaired) electrons. The van der Waals surface area contributed by atoms with Crippen LogP contribution in [0.25, 0.3) is 0 Å². The van der Waals surface area contributed by atoms with Crippen LogP contribution in [-0.4, -0.2) is 40.3 Å². The Morgan fingerprint density at radius 2 is 1.61 bits per heavy atom. The molecule has 4 rings (SSSR count). The summed E-state index contributed by atoms with van der Waals surface area (Å²) in [5.74, 6) is -1.43. The molecular weight excluding hydrogens is 426 g/mol. The van der Waals surface area contributed by atoms with Crippen LogP contribution >= 0.6 is 0 Å². The molecule has 4 atom stereocenters. The Labute approximate surface area is 189 Å². The molecule has 0 amide bonds. The van der Waals surface area contributed by atoms with E-state index in [2.05, 4.69) is 4.98 Å². The standard InChI is InChI=1S/C24H23N3O6/c1-15-20(33-23(29)17-10-6-3-7-11-17)18(14-31-22(28)16-8-4-2-5-9-16)32-21(15)27-13-12-19(25)26-24(27)30/h2-13,15,18,20-21H,14H2,1H3,(H2,25,26,30). The molecule has 4 unspecified atom stereocenters. The number of nitrogens with zero attached hydrogens (tertiary/aromatic N) is 2. The minimum atomic E-state index is -0.797. The van der Waals surface area contributed by atoms with Crippen LogP contribution in [0.3, 0.4) is 0 Å². The summed E-state index contributed by atoms with van der Waals surface area (Å²) in [5, 5.41) is 0. The van der Waals surface area contributed by atoms with E-state index in [1.807, 2.05) is 0 Å². The molecule has 2 N–H and O–H groups in total. The van der Waals surface area contributed by atoms with Crippen LogP contribution in [0.2, 0.25) is 0 Å². The number of hydrogen-bond acceptors (Lipinski definition) is 8. The molecule has 9 heteroatoms. The molecule has 170 valence electrons. The summed E-state index contributed by atoms with van der Waals surface area (Å²) in [4.78, 5) is 41.3. The van der Waals surface area contributed by atoms with Gasteiger partial charge in [0, 0.05) is 12.1 Å². The number of esters is 2. The Morgan fingerprint density at radius 1 is 1.00 bits per heavy atom. The summed E-state index contributed by atoms with van der Waals surface area (Å²) >= 11 is 0. The topological polar surface area (TPSA) is 123 Å². The number of nitrogen functional groups attached to an aromatic ring is 1. The quantitative estimate of drug-likeness (QED) is 0.570. The van der Waals surface area contributed by atoms with Gasteiger partial charge in [-0.05, 0) is 30.3 Å². The number of carbonyl (C=O) groups is 2. The molecule has 0 aliphatic carbocycles. The second-order valence-electron chi connectivity index (χ2n) is 7.67. The molecule has 0 spiro atoms. The molecule has 1 saturated heterocycles. The minimum Gasteiger partial charge on any atom is -0.459 e. The van der Waals surface area contributed by atoms with Crippen LogP contribution in [0, 0.1) is 5.92 Å². The third kappa shape index (κ3) is 4.93. The van der Waals surface area contributed by atoms with Crippen LogP contribution in [0.5, 0.6) is 0 Å². The van der Waals surface area contributed by atoms with Crippen LogP contribution in [-0.2, 0) is 14.2 Å². The smallest absolute Gasteiger partial charge is 0.351 e. The fourth-order valence-corrected chi connectivity index (χ4v) is 3.72. The Hall–Kier alpha value is -3.98. The molecule has 33 heavy (non-hydrogen) atoms. The summed E-state index contributed by atoms with van der Waals surface area (Å²) in [6.07, 6.45) is -0.898. The highest BCUT2D eigenvalue weighted by Crippen LogP contribution is 2.36.